The third kappa shape index (κ3) is 3.74. The highest BCUT2D eigenvalue weighted by Crippen LogP contribution is 2.42. The molecule has 0 radical (unpaired) electrons. The maximum atomic E-state index is 12.4. The van der Waals surface area contributed by atoms with Crippen LogP contribution in [0.3, 0.4) is 0 Å². The molecule has 1 aliphatic carbocycles. The Morgan fingerprint density at radius 1 is 1.10 bits per heavy atom. The van der Waals surface area contributed by atoms with Crippen LogP contribution in [0.4, 0.5) is 0 Å². The first-order valence-electron chi connectivity index (χ1n) is 10.0. The molecule has 152 valence electrons. The lowest BCUT2D eigenvalue weighted by atomic mass is 9.74. The van der Waals surface area contributed by atoms with Crippen molar-refractivity contribution < 1.29 is 14.7 Å². The molecule has 1 saturated carbocycles. The highest BCUT2D eigenvalue weighted by atomic mass is 16.3. The van der Waals surface area contributed by atoms with Crippen molar-refractivity contribution in [2.24, 2.45) is 5.92 Å². The summed E-state index contributed by atoms with van der Waals surface area (Å²) in [5.74, 6) is 0.208. The fraction of sp³-hybridized carbons (Fsp3) is 0.455. The van der Waals surface area contributed by atoms with Gasteiger partial charge >= 0.3 is 0 Å². The Balaban J connectivity index is 1.57. The second-order valence-electron chi connectivity index (χ2n) is 8.01. The minimum absolute atomic E-state index is 0.0144. The molecule has 2 fully saturated rings. The second kappa shape index (κ2) is 7.91. The van der Waals surface area contributed by atoms with Gasteiger partial charge in [-0.2, -0.15) is 0 Å². The van der Waals surface area contributed by atoms with Crippen LogP contribution in [0.25, 0.3) is 11.1 Å². The molecule has 2 amide bonds. The minimum Gasteiger partial charge on any atom is -0.394 e. The summed E-state index contributed by atoms with van der Waals surface area (Å²) < 4.78 is 0. The normalized spacial score (nSPS) is 23.4. The molecule has 3 atom stereocenters. The van der Waals surface area contributed by atoms with Crippen LogP contribution >= 0.6 is 0 Å². The van der Waals surface area contributed by atoms with Crippen LogP contribution in [0, 0.1) is 5.92 Å². The van der Waals surface area contributed by atoms with Gasteiger partial charge in [0.15, 0.2) is 0 Å². The average Bonchev–Trinajstić information content (AvgIpc) is 3.56. The van der Waals surface area contributed by atoms with E-state index in [0.29, 0.717) is 6.54 Å². The Bertz CT molecular complexity index is 883. The molecule has 0 spiro atoms. The third-order valence-corrected chi connectivity index (χ3v) is 6.05. The van der Waals surface area contributed by atoms with Gasteiger partial charge < -0.3 is 14.9 Å². The number of nitrogens with zero attached hydrogens (tertiary/aromatic N) is 4. The lowest BCUT2D eigenvalue weighted by Gasteiger charge is -2.55. The van der Waals surface area contributed by atoms with Crippen molar-refractivity contribution in [2.45, 2.75) is 37.8 Å². The standard InChI is InChI=1S/C22H26N4O3/c1-14(28)26-19(11-25(2)22(29)17-7-8-17)21(20(26)12-27)16-5-3-15(4-6-16)18-9-23-13-24-10-18/h3-6,9-10,13,17,19-21,27H,7-8,11-12H2,1-2H3/t19-,20+,21+/m0/s1. The van der Waals surface area contributed by atoms with E-state index < -0.39 is 0 Å². The first kappa shape index (κ1) is 19.5. The summed E-state index contributed by atoms with van der Waals surface area (Å²) in [7, 11) is 1.81. The van der Waals surface area contributed by atoms with Crippen molar-refractivity contribution in [1.82, 2.24) is 19.8 Å². The van der Waals surface area contributed by atoms with Gasteiger partial charge in [-0.1, -0.05) is 24.3 Å². The van der Waals surface area contributed by atoms with Gasteiger partial charge in [0.2, 0.25) is 11.8 Å². The zero-order valence-corrected chi connectivity index (χ0v) is 16.7. The van der Waals surface area contributed by atoms with Crippen LogP contribution in [0.2, 0.25) is 0 Å². The number of carbonyl (C=O) groups is 2. The Hall–Kier alpha value is -2.80. The molecule has 29 heavy (non-hydrogen) atoms. The van der Waals surface area contributed by atoms with Gasteiger partial charge in [-0.15, -0.1) is 0 Å². The van der Waals surface area contributed by atoms with Gasteiger partial charge in [-0.3, -0.25) is 9.59 Å². The van der Waals surface area contributed by atoms with Crippen LogP contribution in [0.1, 0.15) is 31.2 Å². The van der Waals surface area contributed by atoms with Gasteiger partial charge in [0.25, 0.3) is 0 Å². The second-order valence-corrected chi connectivity index (χ2v) is 8.01. The molecule has 1 aromatic heterocycles. The molecule has 7 nitrogen and oxygen atoms in total. The van der Waals surface area contributed by atoms with Crippen molar-refractivity contribution in [3.8, 4) is 11.1 Å². The van der Waals surface area contributed by atoms with Gasteiger partial charge in [-0.05, 0) is 24.0 Å². The minimum atomic E-state index is -0.271. The molecule has 4 rings (SSSR count). The molecular formula is C22H26N4O3. The van der Waals surface area contributed by atoms with E-state index in [2.05, 4.69) is 9.97 Å². The van der Waals surface area contributed by atoms with Crippen molar-refractivity contribution in [2.75, 3.05) is 20.2 Å². The number of aliphatic hydroxyl groups is 1. The van der Waals surface area contributed by atoms with E-state index in [1.54, 1.807) is 29.2 Å². The van der Waals surface area contributed by atoms with E-state index in [1.165, 1.54) is 13.3 Å². The molecule has 1 saturated heterocycles. The number of benzene rings is 1. The van der Waals surface area contributed by atoms with Gasteiger partial charge in [0.1, 0.15) is 6.33 Å². The molecule has 1 N–H and O–H groups in total. The number of hydrogen-bond donors (Lipinski definition) is 1. The molecule has 7 heteroatoms. The Kier molecular flexibility index (Phi) is 5.32. The molecule has 2 aromatic rings. The highest BCUT2D eigenvalue weighted by molar-refractivity contribution is 5.81. The highest BCUT2D eigenvalue weighted by Gasteiger charge is 2.51. The quantitative estimate of drug-likeness (QED) is 0.806. The third-order valence-electron chi connectivity index (χ3n) is 6.05. The van der Waals surface area contributed by atoms with Crippen LogP contribution < -0.4 is 0 Å². The summed E-state index contributed by atoms with van der Waals surface area (Å²) in [5, 5.41) is 9.94. The Morgan fingerprint density at radius 3 is 2.31 bits per heavy atom. The number of aliphatic hydroxyl groups excluding tert-OH is 1. The lowest BCUT2D eigenvalue weighted by Crippen LogP contribution is -2.68. The number of hydrogen-bond acceptors (Lipinski definition) is 5. The summed E-state index contributed by atoms with van der Waals surface area (Å²) in [6, 6.07) is 7.67. The van der Waals surface area contributed by atoms with Crippen molar-refractivity contribution >= 4 is 11.8 Å². The Labute approximate surface area is 170 Å². The predicted octanol–water partition coefficient (Wildman–Crippen LogP) is 1.69. The van der Waals surface area contributed by atoms with Crippen LogP contribution in [-0.2, 0) is 9.59 Å². The zero-order chi connectivity index (χ0) is 20.5. The predicted molar refractivity (Wildman–Crippen MR) is 108 cm³/mol. The van der Waals surface area contributed by atoms with Crippen molar-refractivity contribution in [1.29, 1.82) is 0 Å². The molecule has 1 aliphatic heterocycles. The summed E-state index contributed by atoms with van der Waals surface area (Å²) in [6.45, 7) is 1.90. The lowest BCUT2D eigenvalue weighted by molar-refractivity contribution is -0.152. The van der Waals surface area contributed by atoms with E-state index >= 15 is 0 Å². The summed E-state index contributed by atoms with van der Waals surface area (Å²) in [6.07, 6.45) is 6.94. The fourth-order valence-corrected chi connectivity index (χ4v) is 4.42. The zero-order valence-electron chi connectivity index (χ0n) is 16.7. The van der Waals surface area contributed by atoms with E-state index in [4.69, 9.17) is 0 Å². The topological polar surface area (TPSA) is 86.6 Å². The van der Waals surface area contributed by atoms with E-state index in [1.807, 2.05) is 24.3 Å². The van der Waals surface area contributed by atoms with Crippen LogP contribution in [-0.4, -0.2) is 69.0 Å². The van der Waals surface area contributed by atoms with Gasteiger partial charge in [0, 0.05) is 50.3 Å². The maximum absolute atomic E-state index is 12.4. The maximum Gasteiger partial charge on any atom is 0.225 e. The smallest absolute Gasteiger partial charge is 0.225 e. The number of likely N-dealkylation sites (N-methyl/N-ethyl adjacent to an activating group) is 1. The molecule has 2 aliphatic rings. The molecular weight excluding hydrogens is 368 g/mol. The van der Waals surface area contributed by atoms with Crippen molar-refractivity contribution in [3.05, 3.63) is 48.5 Å². The summed E-state index contributed by atoms with van der Waals surface area (Å²) >= 11 is 0. The van der Waals surface area contributed by atoms with E-state index in [9.17, 15) is 14.7 Å². The van der Waals surface area contributed by atoms with Gasteiger partial charge in [-0.25, -0.2) is 9.97 Å². The fourth-order valence-electron chi connectivity index (χ4n) is 4.42. The summed E-state index contributed by atoms with van der Waals surface area (Å²) in [5.41, 5.74) is 3.00. The van der Waals surface area contributed by atoms with E-state index in [-0.39, 0.29) is 42.3 Å². The SMILES string of the molecule is CC(=O)N1[C@H](CO)[C@H](c2ccc(-c3cncnc3)cc2)[C@@H]1CN(C)C(=O)C1CC1. The van der Waals surface area contributed by atoms with Crippen molar-refractivity contribution in [3.63, 3.8) is 0 Å². The number of rotatable bonds is 6. The van der Waals surface area contributed by atoms with Gasteiger partial charge in [0.05, 0.1) is 18.7 Å². The first-order chi connectivity index (χ1) is 14.0. The van der Waals surface area contributed by atoms with Crippen LogP contribution in [0.5, 0.6) is 0 Å². The number of aromatic nitrogens is 2. The largest absolute Gasteiger partial charge is 0.394 e. The van der Waals surface area contributed by atoms with E-state index in [0.717, 1.165) is 29.5 Å². The molecule has 0 unspecified atom stereocenters. The molecule has 2 heterocycles. The Morgan fingerprint density at radius 2 is 1.76 bits per heavy atom. The number of amides is 2. The first-order valence-corrected chi connectivity index (χ1v) is 10.0. The molecule has 0 bridgehead atoms. The van der Waals surface area contributed by atoms with Crippen LogP contribution in [0.15, 0.2) is 43.0 Å². The summed E-state index contributed by atoms with van der Waals surface area (Å²) in [4.78, 5) is 36.2. The monoisotopic (exact) mass is 394 g/mol. The number of likely N-dealkylation sites (tertiary alicyclic amines) is 1. The molecule has 1 aromatic carbocycles. The average molecular weight is 394 g/mol. The number of carbonyl (C=O) groups excluding carboxylic acids is 2.